The molecule has 0 saturated carbocycles. The van der Waals surface area contributed by atoms with Gasteiger partial charge in [0.25, 0.3) is 0 Å². The van der Waals surface area contributed by atoms with Gasteiger partial charge in [0.2, 0.25) is 0 Å². The Morgan fingerprint density at radius 3 is 2.67 bits per heavy atom. The predicted molar refractivity (Wildman–Crippen MR) is 88.3 cm³/mol. The highest BCUT2D eigenvalue weighted by atomic mass is 16.1. The number of benzene rings is 2. The van der Waals surface area contributed by atoms with E-state index >= 15 is 0 Å². The van der Waals surface area contributed by atoms with E-state index in [9.17, 15) is 4.79 Å². The summed E-state index contributed by atoms with van der Waals surface area (Å²) in [7, 11) is 1.92. The van der Waals surface area contributed by atoms with Crippen molar-refractivity contribution in [1.82, 2.24) is 5.32 Å². The Morgan fingerprint density at radius 1 is 1.19 bits per heavy atom. The van der Waals surface area contributed by atoms with Gasteiger partial charge in [0.05, 0.1) is 0 Å². The van der Waals surface area contributed by atoms with Crippen LogP contribution in [0.1, 0.15) is 27.9 Å². The molecule has 0 fully saturated rings. The van der Waals surface area contributed by atoms with Crippen molar-refractivity contribution in [2.75, 3.05) is 19.3 Å². The molecule has 0 radical (unpaired) electrons. The normalized spacial score (nSPS) is 10.9. The lowest BCUT2D eigenvalue weighted by molar-refractivity contribution is 0.103. The second-order valence-electron chi connectivity index (χ2n) is 4.84. The number of carbonyl (C=O) groups is 1. The molecule has 2 rings (SSSR count). The highest BCUT2D eigenvalue weighted by Crippen LogP contribution is 2.19. The number of nitrogens with two attached hydrogens (primary N) is 1. The minimum atomic E-state index is -0.0430. The van der Waals surface area contributed by atoms with Crippen LogP contribution >= 0.6 is 0 Å². The fourth-order valence-electron chi connectivity index (χ4n) is 2.07. The van der Waals surface area contributed by atoms with Crippen LogP contribution in [0.2, 0.25) is 0 Å². The SMILES string of the molecule is CNCCC=Cc1ccc(N)c(C(=O)c2ccccc2)c1. The fourth-order valence-corrected chi connectivity index (χ4v) is 2.07. The predicted octanol–water partition coefficient (Wildman–Crippen LogP) is 3.12. The van der Waals surface area contributed by atoms with Gasteiger partial charge in [-0.25, -0.2) is 0 Å². The van der Waals surface area contributed by atoms with Crippen molar-refractivity contribution in [3.8, 4) is 0 Å². The summed E-state index contributed by atoms with van der Waals surface area (Å²) in [6.07, 6.45) is 5.04. The summed E-state index contributed by atoms with van der Waals surface area (Å²) >= 11 is 0. The molecule has 0 atom stereocenters. The molecule has 3 N–H and O–H groups in total. The Balaban J connectivity index is 2.23. The largest absolute Gasteiger partial charge is 0.398 e. The quantitative estimate of drug-likeness (QED) is 0.485. The van der Waals surface area contributed by atoms with Crippen LogP contribution in [0.5, 0.6) is 0 Å². The number of hydrogen-bond acceptors (Lipinski definition) is 3. The first-order chi connectivity index (χ1) is 10.2. The van der Waals surface area contributed by atoms with Crippen LogP contribution < -0.4 is 11.1 Å². The van der Waals surface area contributed by atoms with Gasteiger partial charge in [-0.3, -0.25) is 4.79 Å². The average Bonchev–Trinajstić information content (AvgIpc) is 2.53. The third-order valence-corrected chi connectivity index (χ3v) is 3.23. The van der Waals surface area contributed by atoms with E-state index in [0.29, 0.717) is 16.8 Å². The van der Waals surface area contributed by atoms with Gasteiger partial charge in [-0.15, -0.1) is 0 Å². The Labute approximate surface area is 125 Å². The van der Waals surface area contributed by atoms with Gasteiger partial charge in [0.1, 0.15) is 0 Å². The zero-order valence-corrected chi connectivity index (χ0v) is 12.2. The van der Waals surface area contributed by atoms with E-state index in [-0.39, 0.29) is 5.78 Å². The lowest BCUT2D eigenvalue weighted by atomic mass is 9.99. The summed E-state index contributed by atoms with van der Waals surface area (Å²) < 4.78 is 0. The van der Waals surface area contributed by atoms with E-state index in [1.165, 1.54) is 0 Å². The third-order valence-electron chi connectivity index (χ3n) is 3.23. The molecule has 0 heterocycles. The number of rotatable bonds is 6. The molecule has 0 aliphatic rings. The molecule has 108 valence electrons. The maximum absolute atomic E-state index is 12.5. The molecule has 0 amide bonds. The fraction of sp³-hybridized carbons (Fsp3) is 0.167. The molecule has 2 aromatic rings. The zero-order chi connectivity index (χ0) is 15.1. The highest BCUT2D eigenvalue weighted by Gasteiger charge is 2.12. The van der Waals surface area contributed by atoms with Gasteiger partial charge >= 0.3 is 0 Å². The summed E-state index contributed by atoms with van der Waals surface area (Å²) in [5, 5.41) is 3.09. The number of anilines is 1. The summed E-state index contributed by atoms with van der Waals surface area (Å²) in [5.41, 5.74) is 8.65. The molecule has 0 aromatic heterocycles. The van der Waals surface area contributed by atoms with Gasteiger partial charge < -0.3 is 11.1 Å². The van der Waals surface area contributed by atoms with Crippen LogP contribution in [0.15, 0.2) is 54.6 Å². The molecule has 0 unspecified atom stereocenters. The first-order valence-electron chi connectivity index (χ1n) is 7.03. The Kier molecular flexibility index (Phi) is 5.29. The number of nitrogens with one attached hydrogen (secondary N) is 1. The van der Waals surface area contributed by atoms with Crippen LogP contribution in [-0.4, -0.2) is 19.4 Å². The van der Waals surface area contributed by atoms with Crippen molar-refractivity contribution in [3.63, 3.8) is 0 Å². The molecule has 0 aliphatic carbocycles. The van der Waals surface area contributed by atoms with Gasteiger partial charge in [0.15, 0.2) is 5.78 Å². The van der Waals surface area contributed by atoms with Crippen LogP contribution in [0.4, 0.5) is 5.69 Å². The van der Waals surface area contributed by atoms with Crippen molar-refractivity contribution >= 4 is 17.5 Å². The lowest BCUT2D eigenvalue weighted by Crippen LogP contribution is -2.06. The molecule has 0 saturated heterocycles. The monoisotopic (exact) mass is 280 g/mol. The highest BCUT2D eigenvalue weighted by molar-refractivity contribution is 6.12. The molecular weight excluding hydrogens is 260 g/mol. The van der Waals surface area contributed by atoms with E-state index in [1.807, 2.05) is 43.5 Å². The maximum atomic E-state index is 12.5. The molecule has 0 bridgehead atoms. The van der Waals surface area contributed by atoms with Crippen LogP contribution in [0.3, 0.4) is 0 Å². The third kappa shape index (κ3) is 4.04. The standard InChI is InChI=1S/C18H20N2O/c1-20-12-6-5-7-14-10-11-17(19)16(13-14)18(21)15-8-3-2-4-9-15/h2-5,7-11,13,20H,6,12,19H2,1H3. The van der Waals surface area contributed by atoms with E-state index in [0.717, 1.165) is 18.5 Å². The van der Waals surface area contributed by atoms with Crippen molar-refractivity contribution in [2.45, 2.75) is 6.42 Å². The van der Waals surface area contributed by atoms with E-state index in [4.69, 9.17) is 5.73 Å². The summed E-state index contributed by atoms with van der Waals surface area (Å²) in [6.45, 7) is 0.932. The molecular formula is C18H20N2O. The van der Waals surface area contributed by atoms with Crippen LogP contribution in [0.25, 0.3) is 6.08 Å². The zero-order valence-electron chi connectivity index (χ0n) is 12.2. The minimum absolute atomic E-state index is 0.0430. The molecule has 21 heavy (non-hydrogen) atoms. The number of nitrogen functional groups attached to an aromatic ring is 1. The second-order valence-corrected chi connectivity index (χ2v) is 4.84. The molecule has 2 aromatic carbocycles. The Morgan fingerprint density at radius 2 is 1.95 bits per heavy atom. The Bertz CT molecular complexity index is 633. The van der Waals surface area contributed by atoms with Gasteiger partial charge in [0, 0.05) is 16.8 Å². The lowest BCUT2D eigenvalue weighted by Gasteiger charge is -2.06. The van der Waals surface area contributed by atoms with Gasteiger partial charge in [-0.2, -0.15) is 0 Å². The van der Waals surface area contributed by atoms with E-state index < -0.39 is 0 Å². The smallest absolute Gasteiger partial charge is 0.195 e. The summed E-state index contributed by atoms with van der Waals surface area (Å²) in [4.78, 5) is 12.5. The van der Waals surface area contributed by atoms with Crippen LogP contribution in [-0.2, 0) is 0 Å². The number of hydrogen-bond donors (Lipinski definition) is 2. The van der Waals surface area contributed by atoms with E-state index in [1.54, 1.807) is 18.2 Å². The maximum Gasteiger partial charge on any atom is 0.195 e. The molecule has 0 spiro atoms. The first-order valence-corrected chi connectivity index (χ1v) is 7.03. The first kappa shape index (κ1) is 15.0. The van der Waals surface area contributed by atoms with Crippen molar-refractivity contribution in [1.29, 1.82) is 0 Å². The van der Waals surface area contributed by atoms with Gasteiger partial charge in [-0.1, -0.05) is 48.6 Å². The minimum Gasteiger partial charge on any atom is -0.398 e. The van der Waals surface area contributed by atoms with Crippen molar-refractivity contribution in [3.05, 3.63) is 71.3 Å². The van der Waals surface area contributed by atoms with Crippen molar-refractivity contribution in [2.24, 2.45) is 0 Å². The molecule has 3 heteroatoms. The number of ketones is 1. The number of carbonyl (C=O) groups excluding carboxylic acids is 1. The topological polar surface area (TPSA) is 55.1 Å². The summed E-state index contributed by atoms with van der Waals surface area (Å²) in [6, 6.07) is 14.8. The van der Waals surface area contributed by atoms with E-state index in [2.05, 4.69) is 11.4 Å². The van der Waals surface area contributed by atoms with Crippen LogP contribution in [0, 0.1) is 0 Å². The molecule has 0 aliphatic heterocycles. The van der Waals surface area contributed by atoms with Gasteiger partial charge in [-0.05, 0) is 37.7 Å². The summed E-state index contributed by atoms with van der Waals surface area (Å²) in [5.74, 6) is -0.0430. The molecule has 3 nitrogen and oxygen atoms in total. The second kappa shape index (κ2) is 7.41. The average molecular weight is 280 g/mol. The Hall–Kier alpha value is -2.39. The van der Waals surface area contributed by atoms with Crippen molar-refractivity contribution < 1.29 is 4.79 Å².